The number of carbonyl (C=O) groups excluding carboxylic acids is 2. The lowest BCUT2D eigenvalue weighted by Gasteiger charge is -2.14. The van der Waals surface area contributed by atoms with E-state index in [1.807, 2.05) is 50.2 Å². The third-order valence-electron chi connectivity index (χ3n) is 5.02. The van der Waals surface area contributed by atoms with Crippen LogP contribution in [0.15, 0.2) is 59.5 Å². The lowest BCUT2D eigenvalue weighted by Crippen LogP contribution is -2.27. The second-order valence-corrected chi connectivity index (χ2v) is 8.77. The van der Waals surface area contributed by atoms with Crippen molar-refractivity contribution in [3.63, 3.8) is 0 Å². The van der Waals surface area contributed by atoms with Gasteiger partial charge in [-0.1, -0.05) is 47.5 Å². The molecule has 0 saturated carbocycles. The minimum atomic E-state index is -0.342. The lowest BCUT2D eigenvalue weighted by atomic mass is 10.2. The number of nitrogens with zero attached hydrogens (tertiary/aromatic N) is 2. The van der Waals surface area contributed by atoms with Crippen molar-refractivity contribution in [3.05, 3.63) is 92.1 Å². The molecule has 0 bridgehead atoms. The van der Waals surface area contributed by atoms with Crippen LogP contribution in [0.25, 0.3) is 11.8 Å². The molecule has 4 rings (SSSR count). The Hall–Kier alpha value is -2.47. The molecule has 1 aliphatic rings. The molecule has 4 nitrogen and oxygen atoms in total. The maximum absolute atomic E-state index is 12.9. The number of benzene rings is 2. The molecule has 1 aromatic heterocycles. The van der Waals surface area contributed by atoms with Crippen LogP contribution in [-0.2, 0) is 11.3 Å². The van der Waals surface area contributed by atoms with Crippen molar-refractivity contribution in [1.82, 2.24) is 9.47 Å². The molecule has 152 valence electrons. The normalized spacial score (nSPS) is 15.5. The van der Waals surface area contributed by atoms with Crippen molar-refractivity contribution >= 4 is 52.2 Å². The van der Waals surface area contributed by atoms with Crippen LogP contribution in [0.1, 0.15) is 22.5 Å². The molecule has 2 amide bonds. The number of carbonyl (C=O) groups is 2. The standard InChI is InChI=1S/C23H18Cl2N2O2S/c1-14-11-16(15(2)27(14)17-7-4-3-5-8-17)12-21-22(28)26(23(29)30-21)13-18-19(24)9-6-10-20(18)25/h3-12H,13H2,1-2H3/b21-12-. The number of hydrogen-bond acceptors (Lipinski definition) is 3. The quantitative estimate of drug-likeness (QED) is 0.413. The molecular formula is C23H18Cl2N2O2S. The molecule has 0 atom stereocenters. The number of aromatic nitrogens is 1. The summed E-state index contributed by atoms with van der Waals surface area (Å²) in [6.07, 6.45) is 1.78. The Kier molecular flexibility index (Phi) is 5.78. The second-order valence-electron chi connectivity index (χ2n) is 6.97. The SMILES string of the molecule is Cc1cc(/C=C2\SC(=O)N(Cc3c(Cl)cccc3Cl)C2=O)c(C)n1-c1ccccc1. The first-order valence-corrected chi connectivity index (χ1v) is 10.9. The van der Waals surface area contributed by atoms with E-state index in [4.69, 9.17) is 23.2 Å². The number of rotatable bonds is 4. The van der Waals surface area contributed by atoms with Gasteiger partial charge in [0.25, 0.3) is 11.1 Å². The molecular weight excluding hydrogens is 439 g/mol. The number of para-hydroxylation sites is 1. The van der Waals surface area contributed by atoms with Crippen LogP contribution in [0.5, 0.6) is 0 Å². The number of amides is 2. The Morgan fingerprint density at radius 1 is 0.967 bits per heavy atom. The molecule has 1 aliphatic heterocycles. The number of hydrogen-bond donors (Lipinski definition) is 0. The highest BCUT2D eigenvalue weighted by Crippen LogP contribution is 2.36. The molecule has 0 N–H and O–H groups in total. The van der Waals surface area contributed by atoms with Gasteiger partial charge in [0.15, 0.2) is 0 Å². The van der Waals surface area contributed by atoms with Gasteiger partial charge in [-0.3, -0.25) is 14.5 Å². The van der Waals surface area contributed by atoms with E-state index in [1.165, 1.54) is 4.90 Å². The summed E-state index contributed by atoms with van der Waals surface area (Å²) in [5.74, 6) is -0.342. The van der Waals surface area contributed by atoms with E-state index in [0.29, 0.717) is 20.5 Å². The van der Waals surface area contributed by atoms with Crippen molar-refractivity contribution in [2.45, 2.75) is 20.4 Å². The van der Waals surface area contributed by atoms with Crippen molar-refractivity contribution in [2.75, 3.05) is 0 Å². The topological polar surface area (TPSA) is 42.3 Å². The minimum absolute atomic E-state index is 0.0452. The van der Waals surface area contributed by atoms with Crippen LogP contribution in [0.3, 0.4) is 0 Å². The molecule has 1 saturated heterocycles. The lowest BCUT2D eigenvalue weighted by molar-refractivity contribution is -0.123. The van der Waals surface area contributed by atoms with E-state index < -0.39 is 0 Å². The Morgan fingerprint density at radius 2 is 1.63 bits per heavy atom. The summed E-state index contributed by atoms with van der Waals surface area (Å²) in [7, 11) is 0. The first-order chi connectivity index (χ1) is 14.4. The van der Waals surface area contributed by atoms with Crippen LogP contribution < -0.4 is 0 Å². The largest absolute Gasteiger partial charge is 0.318 e. The van der Waals surface area contributed by atoms with Crippen LogP contribution >= 0.6 is 35.0 Å². The zero-order chi connectivity index (χ0) is 21.4. The van der Waals surface area contributed by atoms with Gasteiger partial charge in [-0.05, 0) is 67.6 Å². The average molecular weight is 457 g/mol. The summed E-state index contributed by atoms with van der Waals surface area (Å²) < 4.78 is 2.12. The summed E-state index contributed by atoms with van der Waals surface area (Å²) in [5.41, 5.74) is 4.56. The van der Waals surface area contributed by atoms with Gasteiger partial charge in [-0.2, -0.15) is 0 Å². The highest BCUT2D eigenvalue weighted by molar-refractivity contribution is 8.18. The molecule has 30 heavy (non-hydrogen) atoms. The molecule has 0 unspecified atom stereocenters. The summed E-state index contributed by atoms with van der Waals surface area (Å²) in [4.78, 5) is 27.0. The Balaban J connectivity index is 1.65. The zero-order valence-corrected chi connectivity index (χ0v) is 18.7. The third-order valence-corrected chi connectivity index (χ3v) is 6.64. The van der Waals surface area contributed by atoms with Gasteiger partial charge in [0.1, 0.15) is 0 Å². The van der Waals surface area contributed by atoms with Gasteiger partial charge < -0.3 is 4.57 Å². The van der Waals surface area contributed by atoms with Crippen molar-refractivity contribution in [2.24, 2.45) is 0 Å². The molecule has 7 heteroatoms. The smallest absolute Gasteiger partial charge is 0.293 e. The zero-order valence-electron chi connectivity index (χ0n) is 16.4. The molecule has 2 aromatic carbocycles. The molecule has 0 spiro atoms. The van der Waals surface area contributed by atoms with Crippen LogP contribution in [0, 0.1) is 13.8 Å². The van der Waals surface area contributed by atoms with E-state index in [-0.39, 0.29) is 17.7 Å². The highest BCUT2D eigenvalue weighted by atomic mass is 35.5. The van der Waals surface area contributed by atoms with Gasteiger partial charge in [-0.25, -0.2) is 0 Å². The Bertz CT molecular complexity index is 1170. The van der Waals surface area contributed by atoms with Gasteiger partial charge in [0, 0.05) is 32.7 Å². The number of imide groups is 1. The average Bonchev–Trinajstić information content (AvgIpc) is 3.14. The van der Waals surface area contributed by atoms with Crippen molar-refractivity contribution in [3.8, 4) is 5.69 Å². The maximum Gasteiger partial charge on any atom is 0.293 e. The van der Waals surface area contributed by atoms with E-state index in [0.717, 1.165) is 34.4 Å². The van der Waals surface area contributed by atoms with Crippen LogP contribution in [0.4, 0.5) is 4.79 Å². The summed E-state index contributed by atoms with van der Waals surface area (Å²) in [6.45, 7) is 4.06. The van der Waals surface area contributed by atoms with Gasteiger partial charge in [0.05, 0.1) is 11.4 Å². The van der Waals surface area contributed by atoms with Gasteiger partial charge in [-0.15, -0.1) is 0 Å². The first kappa shape index (κ1) is 20.8. The van der Waals surface area contributed by atoms with Crippen LogP contribution in [0.2, 0.25) is 10.0 Å². The fraction of sp³-hybridized carbons (Fsp3) is 0.130. The molecule has 3 aromatic rings. The van der Waals surface area contributed by atoms with E-state index in [1.54, 1.807) is 24.3 Å². The summed E-state index contributed by atoms with van der Waals surface area (Å²) >= 11 is 13.4. The predicted octanol–water partition coefficient (Wildman–Crippen LogP) is 6.64. The van der Waals surface area contributed by atoms with Gasteiger partial charge in [0.2, 0.25) is 0 Å². The van der Waals surface area contributed by atoms with E-state index in [9.17, 15) is 9.59 Å². The van der Waals surface area contributed by atoms with Crippen molar-refractivity contribution < 1.29 is 9.59 Å². The Morgan fingerprint density at radius 3 is 2.30 bits per heavy atom. The van der Waals surface area contributed by atoms with E-state index in [2.05, 4.69) is 4.57 Å². The molecule has 0 radical (unpaired) electrons. The molecule has 0 aliphatic carbocycles. The maximum atomic E-state index is 12.9. The van der Waals surface area contributed by atoms with Crippen LogP contribution in [-0.4, -0.2) is 20.6 Å². The minimum Gasteiger partial charge on any atom is -0.318 e. The number of aryl methyl sites for hydroxylation is 1. The number of thioether (sulfide) groups is 1. The summed E-state index contributed by atoms with van der Waals surface area (Å²) in [5, 5.41) is 0.521. The summed E-state index contributed by atoms with van der Waals surface area (Å²) in [6, 6.07) is 17.1. The predicted molar refractivity (Wildman–Crippen MR) is 123 cm³/mol. The Labute approximate surface area is 189 Å². The fourth-order valence-electron chi connectivity index (χ4n) is 3.53. The van der Waals surface area contributed by atoms with Gasteiger partial charge >= 0.3 is 0 Å². The second kappa shape index (κ2) is 8.34. The molecule has 2 heterocycles. The van der Waals surface area contributed by atoms with E-state index >= 15 is 0 Å². The number of halogens is 2. The monoisotopic (exact) mass is 456 g/mol. The first-order valence-electron chi connectivity index (χ1n) is 9.29. The fourth-order valence-corrected chi connectivity index (χ4v) is 4.87. The highest BCUT2D eigenvalue weighted by Gasteiger charge is 2.36. The third kappa shape index (κ3) is 3.81. The molecule has 1 fully saturated rings. The van der Waals surface area contributed by atoms with Crippen molar-refractivity contribution in [1.29, 1.82) is 0 Å².